The van der Waals surface area contributed by atoms with Gasteiger partial charge in [-0.3, -0.25) is 4.79 Å². The molecule has 1 aromatic heterocycles. The molecule has 0 aliphatic rings. The zero-order valence-electron chi connectivity index (χ0n) is 10.1. The molecular weight excluding hydrogens is 230 g/mol. The minimum atomic E-state index is -0.0819. The van der Waals surface area contributed by atoms with Crippen LogP contribution in [0.1, 0.15) is 6.92 Å². The number of benzene rings is 1. The third-order valence-electron chi connectivity index (χ3n) is 2.36. The second-order valence-corrected chi connectivity index (χ2v) is 3.84. The van der Waals surface area contributed by atoms with Gasteiger partial charge in [-0.2, -0.15) is 5.10 Å². The fourth-order valence-corrected chi connectivity index (χ4v) is 1.58. The summed E-state index contributed by atoms with van der Waals surface area (Å²) in [5.41, 5.74) is 7.19. The largest absolute Gasteiger partial charge is 0.399 e. The highest BCUT2D eigenvalue weighted by Crippen LogP contribution is 2.16. The number of hydrogen-bond donors (Lipinski definition) is 2. The van der Waals surface area contributed by atoms with E-state index in [0.29, 0.717) is 18.1 Å². The SMILES string of the molecule is CCNC(=O)Cn1cnc(-c2cccc(N)c2)n1. The number of aromatic nitrogens is 3. The second-order valence-electron chi connectivity index (χ2n) is 3.84. The van der Waals surface area contributed by atoms with Crippen molar-refractivity contribution in [1.29, 1.82) is 0 Å². The van der Waals surface area contributed by atoms with Gasteiger partial charge in [0.1, 0.15) is 12.9 Å². The standard InChI is InChI=1S/C12H15N5O/c1-2-14-11(18)7-17-8-15-12(16-17)9-4-3-5-10(13)6-9/h3-6,8H,2,7,13H2,1H3,(H,14,18). The van der Waals surface area contributed by atoms with Crippen molar-refractivity contribution < 1.29 is 4.79 Å². The topological polar surface area (TPSA) is 85.8 Å². The molecule has 0 unspecified atom stereocenters. The second kappa shape index (κ2) is 5.31. The van der Waals surface area contributed by atoms with Crippen LogP contribution in [0.2, 0.25) is 0 Å². The van der Waals surface area contributed by atoms with Gasteiger partial charge in [0.15, 0.2) is 5.82 Å². The minimum absolute atomic E-state index is 0.0819. The number of nitrogens with two attached hydrogens (primary N) is 1. The van der Waals surface area contributed by atoms with Crippen LogP contribution < -0.4 is 11.1 Å². The molecule has 1 aromatic carbocycles. The lowest BCUT2D eigenvalue weighted by Gasteiger charge is -2.01. The van der Waals surface area contributed by atoms with Crippen molar-refractivity contribution in [3.05, 3.63) is 30.6 Å². The average molecular weight is 245 g/mol. The number of amides is 1. The molecule has 2 aromatic rings. The highest BCUT2D eigenvalue weighted by molar-refractivity contribution is 5.75. The van der Waals surface area contributed by atoms with E-state index in [1.165, 1.54) is 11.0 Å². The maximum absolute atomic E-state index is 11.4. The number of carbonyl (C=O) groups is 1. The van der Waals surface area contributed by atoms with E-state index >= 15 is 0 Å². The molecule has 2 rings (SSSR count). The first-order valence-corrected chi connectivity index (χ1v) is 5.71. The summed E-state index contributed by atoms with van der Waals surface area (Å²) in [6, 6.07) is 7.32. The van der Waals surface area contributed by atoms with E-state index in [1.54, 1.807) is 12.1 Å². The van der Waals surface area contributed by atoms with Gasteiger partial charge in [-0.1, -0.05) is 12.1 Å². The maximum Gasteiger partial charge on any atom is 0.241 e. The Morgan fingerprint density at radius 2 is 2.33 bits per heavy atom. The number of anilines is 1. The lowest BCUT2D eigenvalue weighted by atomic mass is 10.2. The number of hydrogen-bond acceptors (Lipinski definition) is 4. The molecule has 0 saturated carbocycles. The van der Waals surface area contributed by atoms with Crippen LogP contribution in [-0.2, 0) is 11.3 Å². The Labute approximate surface area is 105 Å². The molecule has 0 spiro atoms. The van der Waals surface area contributed by atoms with Gasteiger partial charge in [-0.05, 0) is 19.1 Å². The van der Waals surface area contributed by atoms with Crippen molar-refractivity contribution in [2.75, 3.05) is 12.3 Å². The first kappa shape index (κ1) is 12.1. The number of nitrogens with one attached hydrogen (secondary N) is 1. The van der Waals surface area contributed by atoms with E-state index in [1.807, 2.05) is 19.1 Å². The molecule has 0 fully saturated rings. The summed E-state index contributed by atoms with van der Waals surface area (Å²) in [4.78, 5) is 15.5. The van der Waals surface area contributed by atoms with E-state index in [4.69, 9.17) is 5.73 Å². The van der Waals surface area contributed by atoms with Crippen LogP contribution in [0.15, 0.2) is 30.6 Å². The molecule has 6 nitrogen and oxygen atoms in total. The van der Waals surface area contributed by atoms with Crippen LogP contribution in [0.4, 0.5) is 5.69 Å². The molecule has 1 heterocycles. The number of carbonyl (C=O) groups excluding carboxylic acids is 1. The van der Waals surface area contributed by atoms with Gasteiger partial charge >= 0.3 is 0 Å². The smallest absolute Gasteiger partial charge is 0.241 e. The molecule has 0 aliphatic carbocycles. The quantitative estimate of drug-likeness (QED) is 0.775. The highest BCUT2D eigenvalue weighted by Gasteiger charge is 2.07. The normalized spacial score (nSPS) is 10.3. The monoisotopic (exact) mass is 245 g/mol. The van der Waals surface area contributed by atoms with E-state index < -0.39 is 0 Å². The molecule has 94 valence electrons. The van der Waals surface area contributed by atoms with Crippen molar-refractivity contribution in [3.63, 3.8) is 0 Å². The van der Waals surface area contributed by atoms with E-state index in [0.717, 1.165) is 5.56 Å². The minimum Gasteiger partial charge on any atom is -0.399 e. The third kappa shape index (κ3) is 2.85. The van der Waals surface area contributed by atoms with E-state index in [-0.39, 0.29) is 12.5 Å². The number of likely N-dealkylation sites (N-methyl/N-ethyl adjacent to an activating group) is 1. The fourth-order valence-electron chi connectivity index (χ4n) is 1.58. The Kier molecular flexibility index (Phi) is 3.57. The molecule has 0 aliphatic heterocycles. The summed E-state index contributed by atoms with van der Waals surface area (Å²) in [7, 11) is 0. The first-order valence-electron chi connectivity index (χ1n) is 5.71. The molecule has 0 bridgehead atoms. The Bertz CT molecular complexity index is 549. The van der Waals surface area contributed by atoms with Gasteiger partial charge in [-0.25, -0.2) is 9.67 Å². The maximum atomic E-state index is 11.4. The molecule has 18 heavy (non-hydrogen) atoms. The number of nitrogen functional groups attached to an aromatic ring is 1. The van der Waals surface area contributed by atoms with E-state index in [9.17, 15) is 4.79 Å². The lowest BCUT2D eigenvalue weighted by molar-refractivity contribution is -0.121. The van der Waals surface area contributed by atoms with Gasteiger partial charge in [0.25, 0.3) is 0 Å². The third-order valence-corrected chi connectivity index (χ3v) is 2.36. The summed E-state index contributed by atoms with van der Waals surface area (Å²) < 4.78 is 1.50. The Morgan fingerprint density at radius 3 is 3.06 bits per heavy atom. The summed E-state index contributed by atoms with van der Waals surface area (Å²) in [6.45, 7) is 2.65. The predicted octanol–water partition coefficient (Wildman–Crippen LogP) is 0.663. The van der Waals surface area contributed by atoms with Crippen molar-refractivity contribution in [2.45, 2.75) is 13.5 Å². The Morgan fingerprint density at radius 1 is 1.50 bits per heavy atom. The molecule has 0 radical (unpaired) electrons. The van der Waals surface area contributed by atoms with Crippen LogP contribution in [0.3, 0.4) is 0 Å². The highest BCUT2D eigenvalue weighted by atomic mass is 16.2. The van der Waals surface area contributed by atoms with Crippen LogP contribution in [0, 0.1) is 0 Å². The molecular formula is C12H15N5O. The summed E-state index contributed by atoms with van der Waals surface area (Å²) in [5, 5.41) is 6.94. The van der Waals surface area contributed by atoms with Crippen LogP contribution in [-0.4, -0.2) is 27.2 Å². The van der Waals surface area contributed by atoms with Gasteiger partial charge in [-0.15, -0.1) is 0 Å². The van der Waals surface area contributed by atoms with Crippen LogP contribution in [0.5, 0.6) is 0 Å². The Balaban J connectivity index is 2.13. The molecule has 0 saturated heterocycles. The van der Waals surface area contributed by atoms with Gasteiger partial charge < -0.3 is 11.1 Å². The number of nitrogens with zero attached hydrogens (tertiary/aromatic N) is 3. The van der Waals surface area contributed by atoms with Crippen LogP contribution in [0.25, 0.3) is 11.4 Å². The molecule has 1 amide bonds. The average Bonchev–Trinajstić information content (AvgIpc) is 2.78. The van der Waals surface area contributed by atoms with Gasteiger partial charge in [0.05, 0.1) is 0 Å². The number of rotatable bonds is 4. The summed E-state index contributed by atoms with van der Waals surface area (Å²) in [6.07, 6.45) is 1.54. The van der Waals surface area contributed by atoms with Crippen molar-refractivity contribution in [3.8, 4) is 11.4 Å². The molecule has 6 heteroatoms. The van der Waals surface area contributed by atoms with Gasteiger partial charge in [0, 0.05) is 17.8 Å². The fraction of sp³-hybridized carbons (Fsp3) is 0.250. The summed E-state index contributed by atoms with van der Waals surface area (Å²) >= 11 is 0. The molecule has 3 N–H and O–H groups in total. The predicted molar refractivity (Wildman–Crippen MR) is 68.6 cm³/mol. The first-order chi connectivity index (χ1) is 8.69. The van der Waals surface area contributed by atoms with Crippen molar-refractivity contribution >= 4 is 11.6 Å². The van der Waals surface area contributed by atoms with Crippen molar-refractivity contribution in [1.82, 2.24) is 20.1 Å². The van der Waals surface area contributed by atoms with Crippen LogP contribution >= 0.6 is 0 Å². The molecule has 0 atom stereocenters. The van der Waals surface area contributed by atoms with E-state index in [2.05, 4.69) is 15.4 Å². The van der Waals surface area contributed by atoms with Gasteiger partial charge in [0.2, 0.25) is 5.91 Å². The summed E-state index contributed by atoms with van der Waals surface area (Å²) in [5.74, 6) is 0.480. The Hall–Kier alpha value is -2.37. The zero-order valence-corrected chi connectivity index (χ0v) is 10.1. The zero-order chi connectivity index (χ0) is 13.0. The van der Waals surface area contributed by atoms with Crippen molar-refractivity contribution in [2.24, 2.45) is 0 Å². The lowest BCUT2D eigenvalue weighted by Crippen LogP contribution is -2.27.